The van der Waals surface area contributed by atoms with Crippen LogP contribution in [0.15, 0.2) is 6.07 Å². The Bertz CT molecular complexity index is 370. The molecule has 21 heavy (non-hydrogen) atoms. The number of rotatable bonds is 11. The van der Waals surface area contributed by atoms with E-state index in [1.54, 1.807) is 0 Å². The number of anilines is 2. The van der Waals surface area contributed by atoms with E-state index in [0.717, 1.165) is 63.0 Å². The highest BCUT2D eigenvalue weighted by Crippen LogP contribution is 2.12. The third-order valence-electron chi connectivity index (χ3n) is 3.33. The predicted octanol–water partition coefficient (Wildman–Crippen LogP) is 3.00. The molecular formula is C16H31N5. The zero-order valence-corrected chi connectivity index (χ0v) is 14.1. The highest BCUT2D eigenvalue weighted by atomic mass is 15.1. The standard InChI is InChI=1S/C16H31N5/c1-5-9-14-19-15(17-7-3)13-16(20-14)18-10-12-21(8-4)11-6-2/h13H,5-12H2,1-4H3,(H2,17,18,19,20). The van der Waals surface area contributed by atoms with Crippen LogP contribution in [0.4, 0.5) is 11.6 Å². The Morgan fingerprint density at radius 3 is 2.24 bits per heavy atom. The SMILES string of the molecule is CCCc1nc(NCC)cc(NCCN(CC)CCC)n1. The van der Waals surface area contributed by atoms with E-state index in [-0.39, 0.29) is 0 Å². The first-order valence-electron chi connectivity index (χ1n) is 8.31. The van der Waals surface area contributed by atoms with Gasteiger partial charge in [0.2, 0.25) is 0 Å². The Morgan fingerprint density at radius 1 is 0.952 bits per heavy atom. The van der Waals surface area contributed by atoms with Crippen LogP contribution in [0.25, 0.3) is 0 Å². The summed E-state index contributed by atoms with van der Waals surface area (Å²) in [6.07, 6.45) is 3.19. The van der Waals surface area contributed by atoms with Gasteiger partial charge in [-0.15, -0.1) is 0 Å². The van der Waals surface area contributed by atoms with Gasteiger partial charge in [0.25, 0.3) is 0 Å². The molecule has 0 saturated heterocycles. The van der Waals surface area contributed by atoms with Crippen molar-refractivity contribution in [2.45, 2.75) is 47.0 Å². The van der Waals surface area contributed by atoms with Crippen LogP contribution < -0.4 is 10.6 Å². The van der Waals surface area contributed by atoms with E-state index in [9.17, 15) is 0 Å². The fraction of sp³-hybridized carbons (Fsp3) is 0.750. The molecule has 5 heteroatoms. The Balaban J connectivity index is 2.59. The minimum Gasteiger partial charge on any atom is -0.370 e. The lowest BCUT2D eigenvalue weighted by Gasteiger charge is -2.20. The van der Waals surface area contributed by atoms with E-state index < -0.39 is 0 Å². The molecule has 0 aliphatic rings. The third kappa shape index (κ3) is 6.76. The second-order valence-electron chi connectivity index (χ2n) is 5.20. The van der Waals surface area contributed by atoms with Crippen LogP contribution in [0.5, 0.6) is 0 Å². The summed E-state index contributed by atoms with van der Waals surface area (Å²) < 4.78 is 0. The zero-order valence-electron chi connectivity index (χ0n) is 14.1. The van der Waals surface area contributed by atoms with Gasteiger partial charge in [-0.05, 0) is 32.9 Å². The van der Waals surface area contributed by atoms with Crippen LogP contribution in [-0.4, -0.2) is 47.6 Å². The van der Waals surface area contributed by atoms with Crippen molar-refractivity contribution in [2.75, 3.05) is 43.4 Å². The van der Waals surface area contributed by atoms with Crippen molar-refractivity contribution in [3.8, 4) is 0 Å². The van der Waals surface area contributed by atoms with Crippen LogP contribution >= 0.6 is 0 Å². The number of nitrogens with one attached hydrogen (secondary N) is 2. The molecule has 0 aromatic carbocycles. The van der Waals surface area contributed by atoms with E-state index in [2.05, 4.69) is 53.2 Å². The molecule has 1 rings (SSSR count). The van der Waals surface area contributed by atoms with Crippen LogP contribution in [0.1, 0.15) is 46.4 Å². The fourth-order valence-electron chi connectivity index (χ4n) is 2.28. The summed E-state index contributed by atoms with van der Waals surface area (Å²) in [6, 6.07) is 2.00. The average Bonchev–Trinajstić information content (AvgIpc) is 2.47. The molecule has 120 valence electrons. The molecule has 0 saturated carbocycles. The highest BCUT2D eigenvalue weighted by molar-refractivity contribution is 5.47. The van der Waals surface area contributed by atoms with Gasteiger partial charge in [0.05, 0.1) is 0 Å². The minimum absolute atomic E-state index is 0.877. The maximum absolute atomic E-state index is 4.59. The molecule has 1 aromatic heterocycles. The number of likely N-dealkylation sites (N-methyl/N-ethyl adjacent to an activating group) is 1. The van der Waals surface area contributed by atoms with E-state index >= 15 is 0 Å². The molecule has 0 fully saturated rings. The molecular weight excluding hydrogens is 262 g/mol. The third-order valence-corrected chi connectivity index (χ3v) is 3.33. The molecule has 1 heterocycles. The lowest BCUT2D eigenvalue weighted by Crippen LogP contribution is -2.29. The first-order valence-corrected chi connectivity index (χ1v) is 8.31. The Hall–Kier alpha value is -1.36. The van der Waals surface area contributed by atoms with Gasteiger partial charge in [-0.25, -0.2) is 9.97 Å². The molecule has 0 spiro atoms. The van der Waals surface area contributed by atoms with Crippen molar-refractivity contribution in [1.82, 2.24) is 14.9 Å². The fourth-order valence-corrected chi connectivity index (χ4v) is 2.28. The molecule has 5 nitrogen and oxygen atoms in total. The quantitative estimate of drug-likeness (QED) is 0.657. The molecule has 1 aromatic rings. The van der Waals surface area contributed by atoms with E-state index in [0.29, 0.717) is 0 Å². The van der Waals surface area contributed by atoms with Gasteiger partial charge in [-0.2, -0.15) is 0 Å². The number of aromatic nitrogens is 2. The monoisotopic (exact) mass is 293 g/mol. The highest BCUT2D eigenvalue weighted by Gasteiger charge is 2.05. The van der Waals surface area contributed by atoms with E-state index in [4.69, 9.17) is 0 Å². The summed E-state index contributed by atoms with van der Waals surface area (Å²) in [6.45, 7) is 13.8. The summed E-state index contributed by atoms with van der Waals surface area (Å²) in [5.41, 5.74) is 0. The van der Waals surface area contributed by atoms with Gasteiger partial charge in [0, 0.05) is 32.1 Å². The van der Waals surface area contributed by atoms with Gasteiger partial charge < -0.3 is 15.5 Å². The van der Waals surface area contributed by atoms with Crippen LogP contribution in [-0.2, 0) is 6.42 Å². The minimum atomic E-state index is 0.877. The molecule has 2 N–H and O–H groups in total. The maximum atomic E-state index is 4.59. The van der Waals surface area contributed by atoms with Crippen molar-refractivity contribution in [3.63, 3.8) is 0 Å². The molecule has 0 bridgehead atoms. The smallest absolute Gasteiger partial charge is 0.133 e. The topological polar surface area (TPSA) is 53.1 Å². The normalized spacial score (nSPS) is 10.9. The lowest BCUT2D eigenvalue weighted by molar-refractivity contribution is 0.300. The summed E-state index contributed by atoms with van der Waals surface area (Å²) in [4.78, 5) is 11.6. The summed E-state index contributed by atoms with van der Waals surface area (Å²) in [5, 5.41) is 6.71. The first-order chi connectivity index (χ1) is 10.2. The maximum Gasteiger partial charge on any atom is 0.133 e. The Kier molecular flexibility index (Phi) is 8.74. The van der Waals surface area contributed by atoms with Crippen molar-refractivity contribution in [1.29, 1.82) is 0 Å². The number of nitrogens with zero attached hydrogens (tertiary/aromatic N) is 3. The van der Waals surface area contributed by atoms with Crippen LogP contribution in [0, 0.1) is 0 Å². The van der Waals surface area contributed by atoms with Gasteiger partial charge in [0.1, 0.15) is 17.5 Å². The molecule has 0 unspecified atom stereocenters. The number of aryl methyl sites for hydroxylation is 1. The predicted molar refractivity (Wildman–Crippen MR) is 91.1 cm³/mol. The Labute approximate surface area is 129 Å². The van der Waals surface area contributed by atoms with Gasteiger partial charge in [-0.3, -0.25) is 0 Å². The van der Waals surface area contributed by atoms with Gasteiger partial charge in [0.15, 0.2) is 0 Å². The number of hydrogen-bond donors (Lipinski definition) is 2. The van der Waals surface area contributed by atoms with Crippen molar-refractivity contribution >= 4 is 11.6 Å². The van der Waals surface area contributed by atoms with Crippen LogP contribution in [0.3, 0.4) is 0 Å². The molecule has 0 aliphatic carbocycles. The largest absolute Gasteiger partial charge is 0.370 e. The van der Waals surface area contributed by atoms with Gasteiger partial charge in [-0.1, -0.05) is 20.8 Å². The average molecular weight is 293 g/mol. The molecule has 0 radical (unpaired) electrons. The van der Waals surface area contributed by atoms with E-state index in [1.807, 2.05) is 6.07 Å². The summed E-state index contributed by atoms with van der Waals surface area (Å²) >= 11 is 0. The molecule has 0 amide bonds. The van der Waals surface area contributed by atoms with E-state index in [1.165, 1.54) is 6.42 Å². The van der Waals surface area contributed by atoms with Crippen molar-refractivity contribution in [3.05, 3.63) is 11.9 Å². The molecule has 0 atom stereocenters. The lowest BCUT2D eigenvalue weighted by atomic mass is 10.3. The van der Waals surface area contributed by atoms with Crippen molar-refractivity contribution < 1.29 is 0 Å². The second-order valence-corrected chi connectivity index (χ2v) is 5.20. The van der Waals surface area contributed by atoms with Crippen LogP contribution in [0.2, 0.25) is 0 Å². The zero-order chi connectivity index (χ0) is 15.5. The second kappa shape index (κ2) is 10.4. The summed E-state index contributed by atoms with van der Waals surface area (Å²) in [5.74, 6) is 2.76. The Morgan fingerprint density at radius 2 is 1.67 bits per heavy atom. The van der Waals surface area contributed by atoms with Gasteiger partial charge >= 0.3 is 0 Å². The molecule has 0 aliphatic heterocycles. The van der Waals surface area contributed by atoms with Crippen molar-refractivity contribution in [2.24, 2.45) is 0 Å². The first kappa shape index (κ1) is 17.7. The number of hydrogen-bond acceptors (Lipinski definition) is 5. The summed E-state index contributed by atoms with van der Waals surface area (Å²) in [7, 11) is 0.